The molecule has 2 N–H and O–H groups in total. The van der Waals surface area contributed by atoms with Gasteiger partial charge >= 0.3 is 0 Å². The molecule has 0 bridgehead atoms. The molecule has 1 aromatic heterocycles. The van der Waals surface area contributed by atoms with E-state index in [9.17, 15) is 0 Å². The highest BCUT2D eigenvalue weighted by Crippen LogP contribution is 2.32. The average molecular weight is 243 g/mol. The van der Waals surface area contributed by atoms with Gasteiger partial charge in [-0.15, -0.1) is 0 Å². The molecule has 94 valence electrons. The number of hydrogen-bond acceptors (Lipinski definition) is 4. The van der Waals surface area contributed by atoms with Gasteiger partial charge in [-0.05, 0) is 24.8 Å². The minimum Gasteiger partial charge on any atom is -0.339 e. The van der Waals surface area contributed by atoms with Gasteiger partial charge in [0.2, 0.25) is 5.89 Å². The van der Waals surface area contributed by atoms with Crippen LogP contribution < -0.4 is 5.73 Å². The highest BCUT2D eigenvalue weighted by molar-refractivity contribution is 5.18. The zero-order chi connectivity index (χ0) is 12.4. The summed E-state index contributed by atoms with van der Waals surface area (Å²) in [5, 5.41) is 4.05. The lowest BCUT2D eigenvalue weighted by Crippen LogP contribution is -2.14. The fourth-order valence-corrected chi connectivity index (χ4v) is 2.52. The normalized spacial score (nSPS) is 23.4. The third kappa shape index (κ3) is 2.43. The van der Waals surface area contributed by atoms with Crippen molar-refractivity contribution in [3.05, 3.63) is 47.6 Å². The van der Waals surface area contributed by atoms with Gasteiger partial charge < -0.3 is 10.3 Å². The molecule has 4 heteroatoms. The summed E-state index contributed by atoms with van der Waals surface area (Å²) in [7, 11) is 0. The monoisotopic (exact) mass is 243 g/mol. The van der Waals surface area contributed by atoms with Gasteiger partial charge in [-0.2, -0.15) is 4.98 Å². The fraction of sp³-hybridized carbons (Fsp3) is 0.429. The minimum atomic E-state index is 0.291. The lowest BCUT2D eigenvalue weighted by Gasteiger charge is -2.01. The molecule has 0 saturated heterocycles. The summed E-state index contributed by atoms with van der Waals surface area (Å²) in [6.45, 7) is 0. The Kier molecular flexibility index (Phi) is 3.11. The highest BCUT2D eigenvalue weighted by Gasteiger charge is 2.27. The molecule has 4 nitrogen and oxygen atoms in total. The first-order valence-electron chi connectivity index (χ1n) is 6.43. The number of aromatic nitrogens is 2. The molecule has 3 rings (SSSR count). The van der Waals surface area contributed by atoms with Crippen LogP contribution in [0.2, 0.25) is 0 Å². The second kappa shape index (κ2) is 4.90. The maximum atomic E-state index is 5.90. The van der Waals surface area contributed by atoms with Crippen LogP contribution in [0.3, 0.4) is 0 Å². The molecule has 0 radical (unpaired) electrons. The van der Waals surface area contributed by atoms with E-state index in [4.69, 9.17) is 10.3 Å². The van der Waals surface area contributed by atoms with E-state index >= 15 is 0 Å². The van der Waals surface area contributed by atoms with Crippen molar-refractivity contribution in [2.24, 2.45) is 5.73 Å². The van der Waals surface area contributed by atoms with E-state index in [0.29, 0.717) is 12.0 Å². The van der Waals surface area contributed by atoms with Crippen molar-refractivity contribution in [2.75, 3.05) is 0 Å². The van der Waals surface area contributed by atoms with Crippen LogP contribution in [0.15, 0.2) is 34.9 Å². The number of benzene rings is 1. The minimum absolute atomic E-state index is 0.291. The quantitative estimate of drug-likeness (QED) is 0.898. The number of nitrogens with zero attached hydrogens (tertiary/aromatic N) is 2. The molecular formula is C14H17N3O. The molecule has 1 aliphatic rings. The van der Waals surface area contributed by atoms with Crippen molar-refractivity contribution in [1.82, 2.24) is 10.1 Å². The van der Waals surface area contributed by atoms with Crippen LogP contribution in [0, 0.1) is 0 Å². The van der Waals surface area contributed by atoms with Crippen molar-refractivity contribution in [1.29, 1.82) is 0 Å². The highest BCUT2D eigenvalue weighted by atomic mass is 16.5. The summed E-state index contributed by atoms with van der Waals surface area (Å²) < 4.78 is 5.35. The summed E-state index contributed by atoms with van der Waals surface area (Å²) in [4.78, 5) is 4.49. The van der Waals surface area contributed by atoms with Gasteiger partial charge in [-0.25, -0.2) is 0 Å². The zero-order valence-corrected chi connectivity index (χ0v) is 10.2. The van der Waals surface area contributed by atoms with Gasteiger partial charge in [0.25, 0.3) is 0 Å². The van der Waals surface area contributed by atoms with Crippen LogP contribution in [-0.2, 0) is 6.42 Å². The molecule has 1 aromatic carbocycles. The molecule has 2 atom stereocenters. The van der Waals surface area contributed by atoms with E-state index in [1.165, 1.54) is 5.56 Å². The molecule has 1 fully saturated rings. The van der Waals surface area contributed by atoms with E-state index in [0.717, 1.165) is 37.4 Å². The molecule has 2 aromatic rings. The van der Waals surface area contributed by atoms with Crippen LogP contribution in [0.5, 0.6) is 0 Å². The Bertz CT molecular complexity index is 509. The molecule has 1 heterocycles. The third-order valence-electron chi connectivity index (χ3n) is 3.51. The predicted octanol–water partition coefficient (Wildman–Crippen LogP) is 2.26. The van der Waals surface area contributed by atoms with Gasteiger partial charge in [0.15, 0.2) is 5.82 Å². The van der Waals surface area contributed by atoms with E-state index in [1.54, 1.807) is 0 Å². The van der Waals surface area contributed by atoms with Crippen LogP contribution in [0.25, 0.3) is 0 Å². The van der Waals surface area contributed by atoms with Crippen molar-refractivity contribution in [3.8, 4) is 0 Å². The average Bonchev–Trinajstić information content (AvgIpc) is 2.99. The Balaban J connectivity index is 1.70. The second-order valence-corrected chi connectivity index (χ2v) is 4.98. The van der Waals surface area contributed by atoms with Crippen molar-refractivity contribution in [3.63, 3.8) is 0 Å². The van der Waals surface area contributed by atoms with E-state index in [-0.39, 0.29) is 0 Å². The molecule has 0 aliphatic heterocycles. The SMILES string of the molecule is N[C@H]1CC[C@@H](c2nc(Cc3ccccc3)no2)C1. The Hall–Kier alpha value is -1.68. The van der Waals surface area contributed by atoms with Crippen LogP contribution in [-0.4, -0.2) is 16.2 Å². The lowest BCUT2D eigenvalue weighted by molar-refractivity contribution is 0.350. The summed E-state index contributed by atoms with van der Waals surface area (Å²) in [6.07, 6.45) is 3.81. The first-order valence-corrected chi connectivity index (χ1v) is 6.43. The third-order valence-corrected chi connectivity index (χ3v) is 3.51. The largest absolute Gasteiger partial charge is 0.339 e. The number of hydrogen-bond donors (Lipinski definition) is 1. The van der Waals surface area contributed by atoms with Crippen molar-refractivity contribution < 1.29 is 4.52 Å². The van der Waals surface area contributed by atoms with Gasteiger partial charge in [-0.3, -0.25) is 0 Å². The maximum Gasteiger partial charge on any atom is 0.229 e. The number of rotatable bonds is 3. The Morgan fingerprint density at radius 3 is 2.78 bits per heavy atom. The number of nitrogens with two attached hydrogens (primary N) is 1. The first-order chi connectivity index (χ1) is 8.81. The Morgan fingerprint density at radius 1 is 1.22 bits per heavy atom. The topological polar surface area (TPSA) is 64.9 Å². The standard InChI is InChI=1S/C14H17N3O/c15-12-7-6-11(9-12)14-16-13(17-18-14)8-10-4-2-1-3-5-10/h1-5,11-12H,6-9,15H2/t11-,12+/m1/s1. The smallest absolute Gasteiger partial charge is 0.229 e. The molecule has 0 spiro atoms. The summed E-state index contributed by atoms with van der Waals surface area (Å²) in [5.41, 5.74) is 7.10. The molecule has 1 saturated carbocycles. The molecular weight excluding hydrogens is 226 g/mol. The summed E-state index contributed by atoms with van der Waals surface area (Å²) >= 11 is 0. The van der Waals surface area contributed by atoms with Crippen molar-refractivity contribution in [2.45, 2.75) is 37.6 Å². The van der Waals surface area contributed by atoms with E-state index in [1.807, 2.05) is 18.2 Å². The Morgan fingerprint density at radius 2 is 2.06 bits per heavy atom. The second-order valence-electron chi connectivity index (χ2n) is 4.98. The predicted molar refractivity (Wildman–Crippen MR) is 68.1 cm³/mol. The maximum absolute atomic E-state index is 5.90. The molecule has 0 unspecified atom stereocenters. The zero-order valence-electron chi connectivity index (χ0n) is 10.2. The lowest BCUT2D eigenvalue weighted by atomic mass is 10.1. The van der Waals surface area contributed by atoms with Gasteiger partial charge in [0, 0.05) is 18.4 Å². The molecule has 18 heavy (non-hydrogen) atoms. The van der Waals surface area contributed by atoms with Gasteiger partial charge in [0.1, 0.15) is 0 Å². The Labute approximate surface area is 106 Å². The fourth-order valence-electron chi connectivity index (χ4n) is 2.52. The summed E-state index contributed by atoms with van der Waals surface area (Å²) in [6, 6.07) is 10.5. The van der Waals surface area contributed by atoms with Crippen LogP contribution in [0.4, 0.5) is 0 Å². The van der Waals surface area contributed by atoms with Crippen molar-refractivity contribution >= 4 is 0 Å². The van der Waals surface area contributed by atoms with E-state index in [2.05, 4.69) is 22.3 Å². The molecule has 1 aliphatic carbocycles. The van der Waals surface area contributed by atoms with Crippen LogP contribution >= 0.6 is 0 Å². The first kappa shape index (κ1) is 11.4. The molecule has 0 amide bonds. The van der Waals surface area contributed by atoms with Gasteiger partial charge in [-0.1, -0.05) is 35.5 Å². The van der Waals surface area contributed by atoms with Gasteiger partial charge in [0.05, 0.1) is 0 Å². The summed E-state index contributed by atoms with van der Waals surface area (Å²) in [5.74, 6) is 1.88. The van der Waals surface area contributed by atoms with E-state index < -0.39 is 0 Å². The van der Waals surface area contributed by atoms with Crippen LogP contribution in [0.1, 0.15) is 42.5 Å².